The summed E-state index contributed by atoms with van der Waals surface area (Å²) < 4.78 is 40.9. The first-order chi connectivity index (χ1) is 18.1. The van der Waals surface area contributed by atoms with Gasteiger partial charge in [0.25, 0.3) is 11.5 Å². The van der Waals surface area contributed by atoms with Gasteiger partial charge < -0.3 is 4.90 Å². The van der Waals surface area contributed by atoms with E-state index < -0.39 is 17.6 Å². The van der Waals surface area contributed by atoms with E-state index in [4.69, 9.17) is 16.6 Å². The van der Waals surface area contributed by atoms with Gasteiger partial charge >= 0.3 is 6.18 Å². The zero-order valence-electron chi connectivity index (χ0n) is 20.5. The number of amides is 1. The molecule has 1 amide bonds. The van der Waals surface area contributed by atoms with Crippen LogP contribution in [0, 0.1) is 0 Å². The van der Waals surface area contributed by atoms with Crippen LogP contribution >= 0.6 is 11.6 Å². The predicted octanol–water partition coefficient (Wildman–Crippen LogP) is 5.58. The van der Waals surface area contributed by atoms with Gasteiger partial charge in [0.15, 0.2) is 0 Å². The molecule has 2 heterocycles. The summed E-state index contributed by atoms with van der Waals surface area (Å²) in [5, 5.41) is 1.04. The molecule has 1 aromatic heterocycles. The quantitative estimate of drug-likeness (QED) is 0.339. The first-order valence-corrected chi connectivity index (χ1v) is 12.5. The zero-order chi connectivity index (χ0) is 27.0. The van der Waals surface area contributed by atoms with Gasteiger partial charge in [-0.3, -0.25) is 19.1 Å². The standard InChI is InChI=1S/C28H24ClF3N4O2/c1-18(34-13-15-35(16-14-34)26(37)19-5-4-6-20(17-19)28(30,31)32)25-33-24-8-3-2-7-23(24)27(38)36(25)22-11-9-21(29)10-12-22/h2-12,17-18H,13-16H2,1H3. The number of hydrogen-bond donors (Lipinski definition) is 0. The van der Waals surface area contributed by atoms with Crippen molar-refractivity contribution in [2.45, 2.75) is 19.1 Å². The minimum Gasteiger partial charge on any atom is -0.336 e. The molecule has 4 aromatic rings. The molecule has 1 aliphatic rings. The van der Waals surface area contributed by atoms with E-state index in [1.807, 2.05) is 13.0 Å². The van der Waals surface area contributed by atoms with Gasteiger partial charge in [-0.15, -0.1) is 0 Å². The molecular weight excluding hydrogens is 517 g/mol. The average Bonchev–Trinajstić information content (AvgIpc) is 2.92. The summed E-state index contributed by atoms with van der Waals surface area (Å²) in [6, 6.07) is 18.3. The van der Waals surface area contributed by atoms with Crippen LogP contribution in [0.2, 0.25) is 5.02 Å². The molecule has 1 atom stereocenters. The molecule has 196 valence electrons. The number of benzene rings is 3. The molecule has 1 saturated heterocycles. The number of halogens is 4. The Kier molecular flexibility index (Phi) is 6.98. The highest BCUT2D eigenvalue weighted by molar-refractivity contribution is 6.30. The lowest BCUT2D eigenvalue weighted by Gasteiger charge is -2.38. The lowest BCUT2D eigenvalue weighted by molar-refractivity contribution is -0.137. The number of alkyl halides is 3. The van der Waals surface area contributed by atoms with Crippen molar-refractivity contribution in [1.29, 1.82) is 0 Å². The zero-order valence-corrected chi connectivity index (χ0v) is 21.2. The first-order valence-electron chi connectivity index (χ1n) is 12.1. The Morgan fingerprint density at radius 2 is 1.63 bits per heavy atom. The van der Waals surface area contributed by atoms with Crippen LogP contribution in [0.1, 0.15) is 34.7 Å². The number of carbonyl (C=O) groups excluding carboxylic acids is 1. The molecule has 0 bridgehead atoms. The van der Waals surface area contributed by atoms with E-state index in [9.17, 15) is 22.8 Å². The van der Waals surface area contributed by atoms with Crippen LogP contribution in [-0.2, 0) is 6.18 Å². The molecule has 38 heavy (non-hydrogen) atoms. The van der Waals surface area contributed by atoms with Gasteiger partial charge in [-0.25, -0.2) is 4.98 Å². The second-order valence-electron chi connectivity index (χ2n) is 9.19. The van der Waals surface area contributed by atoms with Gasteiger partial charge in [0.2, 0.25) is 0 Å². The molecule has 0 aliphatic carbocycles. The SMILES string of the molecule is CC(c1nc2ccccc2c(=O)n1-c1ccc(Cl)cc1)N1CCN(C(=O)c2cccc(C(F)(F)F)c2)CC1. The monoisotopic (exact) mass is 540 g/mol. The fourth-order valence-electron chi connectivity index (χ4n) is 4.76. The average molecular weight is 541 g/mol. The molecule has 3 aromatic carbocycles. The van der Waals surface area contributed by atoms with Crippen molar-refractivity contribution in [2.24, 2.45) is 0 Å². The number of piperazine rings is 1. The Morgan fingerprint density at radius 1 is 0.947 bits per heavy atom. The first kappa shape index (κ1) is 25.9. The van der Waals surface area contributed by atoms with Crippen molar-refractivity contribution in [3.63, 3.8) is 0 Å². The van der Waals surface area contributed by atoms with E-state index >= 15 is 0 Å². The molecule has 10 heteroatoms. The van der Waals surface area contributed by atoms with Crippen LogP contribution in [0.3, 0.4) is 0 Å². The normalized spacial score (nSPS) is 15.6. The Bertz CT molecular complexity index is 1540. The number of carbonyl (C=O) groups is 1. The molecular formula is C28H24ClF3N4O2. The topological polar surface area (TPSA) is 58.4 Å². The lowest BCUT2D eigenvalue weighted by Crippen LogP contribution is -2.50. The number of rotatable bonds is 4. The number of aromatic nitrogens is 2. The van der Waals surface area contributed by atoms with E-state index in [2.05, 4.69) is 4.90 Å². The summed E-state index contributed by atoms with van der Waals surface area (Å²) in [5.74, 6) is 0.110. The summed E-state index contributed by atoms with van der Waals surface area (Å²) in [4.78, 5) is 35.0. The third kappa shape index (κ3) is 5.04. The highest BCUT2D eigenvalue weighted by Crippen LogP contribution is 2.30. The second kappa shape index (κ2) is 10.2. The van der Waals surface area contributed by atoms with Crippen molar-refractivity contribution in [3.05, 3.63) is 105 Å². The maximum absolute atomic E-state index is 13.6. The van der Waals surface area contributed by atoms with Crippen LogP contribution in [0.4, 0.5) is 13.2 Å². The predicted molar refractivity (Wildman–Crippen MR) is 140 cm³/mol. The summed E-state index contributed by atoms with van der Waals surface area (Å²) in [6.07, 6.45) is -4.52. The Labute approximate surface area is 221 Å². The van der Waals surface area contributed by atoms with Gasteiger partial charge in [0.1, 0.15) is 5.82 Å². The number of hydrogen-bond acceptors (Lipinski definition) is 4. The second-order valence-corrected chi connectivity index (χ2v) is 9.62. The van der Waals surface area contributed by atoms with Crippen molar-refractivity contribution in [3.8, 4) is 5.69 Å². The molecule has 1 unspecified atom stereocenters. The van der Waals surface area contributed by atoms with Gasteiger partial charge in [-0.05, 0) is 61.5 Å². The number of para-hydroxylation sites is 1. The van der Waals surface area contributed by atoms with Crippen molar-refractivity contribution >= 4 is 28.4 Å². The summed E-state index contributed by atoms with van der Waals surface area (Å²) in [5.41, 5.74) is 0.186. The van der Waals surface area contributed by atoms with Crippen molar-refractivity contribution in [1.82, 2.24) is 19.4 Å². The van der Waals surface area contributed by atoms with E-state index in [0.717, 1.165) is 12.1 Å². The molecule has 1 fully saturated rings. The highest BCUT2D eigenvalue weighted by atomic mass is 35.5. The molecule has 0 N–H and O–H groups in total. The fraction of sp³-hybridized carbons (Fsp3) is 0.250. The van der Waals surface area contributed by atoms with Crippen LogP contribution in [0.5, 0.6) is 0 Å². The Morgan fingerprint density at radius 3 is 2.32 bits per heavy atom. The van der Waals surface area contributed by atoms with Crippen LogP contribution in [-0.4, -0.2) is 51.4 Å². The number of fused-ring (bicyclic) bond motifs is 1. The van der Waals surface area contributed by atoms with Gasteiger partial charge in [-0.2, -0.15) is 13.2 Å². The summed E-state index contributed by atoms with van der Waals surface area (Å²) >= 11 is 6.07. The third-order valence-corrected chi connectivity index (χ3v) is 7.10. The van der Waals surface area contributed by atoms with E-state index in [0.29, 0.717) is 53.6 Å². The maximum Gasteiger partial charge on any atom is 0.416 e. The van der Waals surface area contributed by atoms with Crippen LogP contribution in [0.15, 0.2) is 77.6 Å². The van der Waals surface area contributed by atoms with Gasteiger partial charge in [0, 0.05) is 36.8 Å². The molecule has 6 nitrogen and oxygen atoms in total. The minimum absolute atomic E-state index is 0.00842. The highest BCUT2D eigenvalue weighted by Gasteiger charge is 2.32. The number of nitrogens with zero attached hydrogens (tertiary/aromatic N) is 4. The van der Waals surface area contributed by atoms with Gasteiger partial charge in [0.05, 0.1) is 28.2 Å². The van der Waals surface area contributed by atoms with Crippen molar-refractivity contribution < 1.29 is 18.0 Å². The largest absolute Gasteiger partial charge is 0.416 e. The van der Waals surface area contributed by atoms with Gasteiger partial charge in [-0.1, -0.05) is 29.8 Å². The lowest BCUT2D eigenvalue weighted by atomic mass is 10.1. The van der Waals surface area contributed by atoms with E-state index in [-0.39, 0.29) is 17.2 Å². The third-order valence-electron chi connectivity index (χ3n) is 6.85. The van der Waals surface area contributed by atoms with Crippen LogP contribution < -0.4 is 5.56 Å². The Hall–Kier alpha value is -3.69. The molecule has 5 rings (SSSR count). The smallest absolute Gasteiger partial charge is 0.336 e. The molecule has 0 spiro atoms. The van der Waals surface area contributed by atoms with E-state index in [1.165, 1.54) is 12.1 Å². The molecule has 0 radical (unpaired) electrons. The van der Waals surface area contributed by atoms with E-state index in [1.54, 1.807) is 51.9 Å². The molecule has 0 saturated carbocycles. The summed E-state index contributed by atoms with van der Waals surface area (Å²) in [7, 11) is 0. The minimum atomic E-state index is -4.52. The van der Waals surface area contributed by atoms with Crippen LogP contribution in [0.25, 0.3) is 16.6 Å². The fourth-order valence-corrected chi connectivity index (χ4v) is 4.88. The van der Waals surface area contributed by atoms with Crippen molar-refractivity contribution in [2.75, 3.05) is 26.2 Å². The molecule has 1 aliphatic heterocycles. The Balaban J connectivity index is 1.41. The maximum atomic E-state index is 13.6. The summed E-state index contributed by atoms with van der Waals surface area (Å²) in [6.45, 7) is 3.55.